The molecule has 0 spiro atoms. The van der Waals surface area contributed by atoms with Crippen LogP contribution < -0.4 is 4.90 Å². The van der Waals surface area contributed by atoms with Crippen LogP contribution in [-0.4, -0.2) is 24.8 Å². The SMILES string of the molecule is CN1CC(O)C(C)(C)c2ccccc21. The lowest BCUT2D eigenvalue weighted by Crippen LogP contribution is -2.47. The van der Waals surface area contributed by atoms with Crippen LogP contribution in [-0.2, 0) is 5.41 Å². The van der Waals surface area contributed by atoms with Crippen LogP contribution in [0.4, 0.5) is 5.69 Å². The van der Waals surface area contributed by atoms with E-state index in [1.54, 1.807) is 0 Å². The second-order valence-corrected chi connectivity index (χ2v) is 4.64. The normalized spacial score (nSPS) is 24.6. The Hall–Kier alpha value is -1.02. The number of benzene rings is 1. The second-order valence-electron chi connectivity index (χ2n) is 4.64. The molecule has 2 heteroatoms. The highest BCUT2D eigenvalue weighted by Gasteiger charge is 2.37. The minimum Gasteiger partial charge on any atom is -0.390 e. The molecule has 0 aliphatic carbocycles. The first-order valence-corrected chi connectivity index (χ1v) is 5.02. The summed E-state index contributed by atoms with van der Waals surface area (Å²) in [7, 11) is 2.03. The highest BCUT2D eigenvalue weighted by Crippen LogP contribution is 2.38. The molecule has 14 heavy (non-hydrogen) atoms. The number of fused-ring (bicyclic) bond motifs is 1. The maximum absolute atomic E-state index is 10.0. The molecule has 2 rings (SSSR count). The van der Waals surface area contributed by atoms with Gasteiger partial charge in [0.1, 0.15) is 0 Å². The summed E-state index contributed by atoms with van der Waals surface area (Å²) in [4.78, 5) is 2.12. The summed E-state index contributed by atoms with van der Waals surface area (Å²) in [6.07, 6.45) is -0.289. The number of aliphatic hydroxyl groups is 1. The number of aliphatic hydroxyl groups excluding tert-OH is 1. The minimum atomic E-state index is -0.289. The van der Waals surface area contributed by atoms with E-state index in [0.717, 1.165) is 0 Å². The van der Waals surface area contributed by atoms with Crippen LogP contribution in [0.5, 0.6) is 0 Å². The van der Waals surface area contributed by atoms with Gasteiger partial charge in [0, 0.05) is 24.7 Å². The Kier molecular flexibility index (Phi) is 2.04. The van der Waals surface area contributed by atoms with Gasteiger partial charge in [-0.2, -0.15) is 0 Å². The molecule has 1 aliphatic heterocycles. The predicted octanol–water partition coefficient (Wildman–Crippen LogP) is 1.77. The maximum atomic E-state index is 10.0. The lowest BCUT2D eigenvalue weighted by molar-refractivity contribution is 0.101. The van der Waals surface area contributed by atoms with Crippen molar-refractivity contribution in [1.82, 2.24) is 0 Å². The summed E-state index contributed by atoms with van der Waals surface area (Å²) in [5, 5.41) is 10.0. The molecule has 0 radical (unpaired) electrons. The average molecular weight is 191 g/mol. The van der Waals surface area contributed by atoms with Crippen LogP contribution in [0.1, 0.15) is 19.4 Å². The molecule has 1 N–H and O–H groups in total. The molecular weight excluding hydrogens is 174 g/mol. The number of anilines is 1. The highest BCUT2D eigenvalue weighted by molar-refractivity contribution is 5.59. The van der Waals surface area contributed by atoms with E-state index < -0.39 is 0 Å². The molecule has 0 bridgehead atoms. The predicted molar refractivity (Wildman–Crippen MR) is 58.7 cm³/mol. The standard InChI is InChI=1S/C12H17NO/c1-12(2)9-6-4-5-7-10(9)13(3)8-11(12)14/h4-7,11,14H,8H2,1-3H3. The third-order valence-corrected chi connectivity index (χ3v) is 3.29. The Morgan fingerprint density at radius 2 is 2.00 bits per heavy atom. The van der Waals surface area contributed by atoms with Gasteiger partial charge in [0.2, 0.25) is 0 Å². The van der Waals surface area contributed by atoms with E-state index in [-0.39, 0.29) is 11.5 Å². The molecule has 1 aliphatic rings. The first kappa shape index (κ1) is 9.53. The Bertz CT molecular complexity index is 346. The fourth-order valence-electron chi connectivity index (χ4n) is 2.12. The molecule has 1 heterocycles. The van der Waals surface area contributed by atoms with E-state index in [1.165, 1.54) is 11.3 Å². The maximum Gasteiger partial charge on any atom is 0.0806 e. The van der Waals surface area contributed by atoms with Crippen molar-refractivity contribution in [1.29, 1.82) is 0 Å². The summed E-state index contributed by atoms with van der Waals surface area (Å²) in [6.45, 7) is 4.91. The molecule has 0 amide bonds. The van der Waals surface area contributed by atoms with Crippen LogP contribution in [0.25, 0.3) is 0 Å². The number of nitrogens with zero attached hydrogens (tertiary/aromatic N) is 1. The Morgan fingerprint density at radius 3 is 2.71 bits per heavy atom. The molecule has 0 saturated heterocycles. The van der Waals surface area contributed by atoms with Crippen molar-refractivity contribution in [2.75, 3.05) is 18.5 Å². The largest absolute Gasteiger partial charge is 0.390 e. The molecule has 0 aromatic heterocycles. The fourth-order valence-corrected chi connectivity index (χ4v) is 2.12. The van der Waals surface area contributed by atoms with Gasteiger partial charge in [0.25, 0.3) is 0 Å². The zero-order valence-corrected chi connectivity index (χ0v) is 8.99. The van der Waals surface area contributed by atoms with E-state index in [0.29, 0.717) is 6.54 Å². The van der Waals surface area contributed by atoms with E-state index in [4.69, 9.17) is 0 Å². The van der Waals surface area contributed by atoms with E-state index >= 15 is 0 Å². The van der Waals surface area contributed by atoms with Crippen LogP contribution in [0, 0.1) is 0 Å². The molecule has 1 aromatic rings. The van der Waals surface area contributed by atoms with Gasteiger partial charge in [-0.05, 0) is 11.6 Å². The Morgan fingerprint density at radius 1 is 1.36 bits per heavy atom. The Labute approximate surface area is 85.2 Å². The number of hydrogen-bond acceptors (Lipinski definition) is 2. The van der Waals surface area contributed by atoms with E-state index in [2.05, 4.69) is 30.9 Å². The lowest BCUT2D eigenvalue weighted by atomic mass is 9.75. The number of rotatable bonds is 0. The average Bonchev–Trinajstić information content (AvgIpc) is 2.16. The fraction of sp³-hybridized carbons (Fsp3) is 0.500. The van der Waals surface area contributed by atoms with Gasteiger partial charge < -0.3 is 10.0 Å². The summed E-state index contributed by atoms with van der Waals surface area (Å²) >= 11 is 0. The van der Waals surface area contributed by atoms with Gasteiger partial charge in [-0.15, -0.1) is 0 Å². The van der Waals surface area contributed by atoms with Crippen molar-refractivity contribution in [3.63, 3.8) is 0 Å². The molecule has 0 saturated carbocycles. The van der Waals surface area contributed by atoms with E-state index in [1.807, 2.05) is 19.2 Å². The third kappa shape index (κ3) is 1.22. The van der Waals surface area contributed by atoms with Gasteiger partial charge in [-0.3, -0.25) is 0 Å². The van der Waals surface area contributed by atoms with Crippen molar-refractivity contribution in [2.24, 2.45) is 0 Å². The zero-order valence-electron chi connectivity index (χ0n) is 8.99. The second kappa shape index (κ2) is 2.99. The van der Waals surface area contributed by atoms with E-state index in [9.17, 15) is 5.11 Å². The molecule has 1 atom stereocenters. The van der Waals surface area contributed by atoms with Crippen LogP contribution in [0.3, 0.4) is 0 Å². The number of hydrogen-bond donors (Lipinski definition) is 1. The van der Waals surface area contributed by atoms with Gasteiger partial charge >= 0.3 is 0 Å². The third-order valence-electron chi connectivity index (χ3n) is 3.29. The summed E-state index contributed by atoms with van der Waals surface area (Å²) in [6, 6.07) is 8.30. The van der Waals surface area contributed by atoms with Gasteiger partial charge in [0.15, 0.2) is 0 Å². The molecule has 1 unspecified atom stereocenters. The smallest absolute Gasteiger partial charge is 0.0806 e. The van der Waals surface area contributed by atoms with Crippen molar-refractivity contribution in [3.05, 3.63) is 29.8 Å². The molecule has 0 fully saturated rings. The first-order valence-electron chi connectivity index (χ1n) is 5.02. The zero-order chi connectivity index (χ0) is 10.3. The van der Waals surface area contributed by atoms with Crippen LogP contribution >= 0.6 is 0 Å². The number of β-amino-alcohol motifs (C(OH)–C–C–N with tert-alkyl or cyclic N) is 1. The Balaban J connectivity index is 2.57. The monoisotopic (exact) mass is 191 g/mol. The summed E-state index contributed by atoms with van der Waals surface area (Å²) in [5.74, 6) is 0. The van der Waals surface area contributed by atoms with Gasteiger partial charge in [-0.1, -0.05) is 32.0 Å². The van der Waals surface area contributed by atoms with Gasteiger partial charge in [0.05, 0.1) is 6.10 Å². The van der Waals surface area contributed by atoms with Crippen molar-refractivity contribution in [2.45, 2.75) is 25.4 Å². The topological polar surface area (TPSA) is 23.5 Å². The summed E-state index contributed by atoms with van der Waals surface area (Å²) in [5.41, 5.74) is 2.34. The van der Waals surface area contributed by atoms with Crippen LogP contribution in [0.2, 0.25) is 0 Å². The van der Waals surface area contributed by atoms with Crippen molar-refractivity contribution < 1.29 is 5.11 Å². The quantitative estimate of drug-likeness (QED) is 0.675. The highest BCUT2D eigenvalue weighted by atomic mass is 16.3. The number of likely N-dealkylation sites (N-methyl/N-ethyl adjacent to an activating group) is 1. The first-order chi connectivity index (χ1) is 6.53. The number of para-hydroxylation sites is 1. The minimum absolute atomic E-state index is 0.136. The molecule has 1 aromatic carbocycles. The molecule has 2 nitrogen and oxygen atoms in total. The molecular formula is C12H17NO. The van der Waals surface area contributed by atoms with Crippen LogP contribution in [0.15, 0.2) is 24.3 Å². The molecule has 76 valence electrons. The summed E-state index contributed by atoms with van der Waals surface area (Å²) < 4.78 is 0. The van der Waals surface area contributed by atoms with Crippen molar-refractivity contribution in [3.8, 4) is 0 Å². The van der Waals surface area contributed by atoms with Gasteiger partial charge in [-0.25, -0.2) is 0 Å². The van der Waals surface area contributed by atoms with Crippen molar-refractivity contribution >= 4 is 5.69 Å². The lowest BCUT2D eigenvalue weighted by Gasteiger charge is -2.42.